The number of carbonyl (C=O) groups excluding carboxylic acids is 4. The Morgan fingerprint density at radius 1 is 1.07 bits per heavy atom. The van der Waals surface area contributed by atoms with Gasteiger partial charge >= 0.3 is 11.9 Å². The Bertz CT molecular complexity index is 1510. The third-order valence-electron chi connectivity index (χ3n) is 10.8. The number of carbonyl (C=O) groups is 4. The van der Waals surface area contributed by atoms with Crippen molar-refractivity contribution in [2.75, 3.05) is 20.7 Å². The number of likely N-dealkylation sites (N-methyl/N-ethyl adjacent to an activating group) is 1. The molecule has 3 saturated heterocycles. The number of hydrogen-bond donors (Lipinski definition) is 2. The smallest absolute Gasteiger partial charge is 0.327 e. The summed E-state index contributed by atoms with van der Waals surface area (Å²) in [6.07, 6.45) is 7.74. The summed E-state index contributed by atoms with van der Waals surface area (Å²) < 4.78 is 25.4. The summed E-state index contributed by atoms with van der Waals surface area (Å²) >= 11 is 0. The second-order valence-electron chi connectivity index (χ2n) is 16.5. The molecule has 1 aliphatic carbocycles. The van der Waals surface area contributed by atoms with Crippen LogP contribution in [0.1, 0.15) is 116 Å². The molecule has 3 aliphatic heterocycles. The second-order valence-corrected chi connectivity index (χ2v) is 16.5. The normalized spacial score (nSPS) is 27.7. The summed E-state index contributed by atoms with van der Waals surface area (Å²) in [6.45, 7) is 9.35. The summed E-state index contributed by atoms with van der Waals surface area (Å²) in [5.74, 6) is -2.56. The molecule has 13 nitrogen and oxygen atoms in total. The molecule has 0 aromatic heterocycles. The number of aliphatic hydroxyl groups excluding tert-OH is 1. The van der Waals surface area contributed by atoms with Crippen molar-refractivity contribution in [2.45, 2.75) is 160 Å². The fourth-order valence-corrected chi connectivity index (χ4v) is 8.20. The third-order valence-corrected chi connectivity index (χ3v) is 10.8. The first-order chi connectivity index (χ1) is 25.6. The van der Waals surface area contributed by atoms with Crippen molar-refractivity contribution in [1.82, 2.24) is 15.3 Å². The Hall–Kier alpha value is -3.36. The lowest BCUT2D eigenvalue weighted by atomic mass is 9.62. The Balaban J connectivity index is 1.47. The summed E-state index contributed by atoms with van der Waals surface area (Å²) in [5.41, 5.74) is -0.541. The van der Waals surface area contributed by atoms with E-state index in [0.29, 0.717) is 12.8 Å². The molecule has 0 unspecified atom stereocenters. The topological polar surface area (TPSA) is 153 Å². The zero-order valence-electron chi connectivity index (χ0n) is 33.1. The maximum Gasteiger partial charge on any atom is 0.327 e. The number of aliphatic hydroxyl groups is 1. The molecule has 7 atom stereocenters. The lowest BCUT2D eigenvalue weighted by Crippen LogP contribution is -2.70. The molecule has 300 valence electrons. The van der Waals surface area contributed by atoms with Crippen molar-refractivity contribution >= 4 is 29.8 Å². The van der Waals surface area contributed by atoms with Gasteiger partial charge in [-0.3, -0.25) is 24.0 Å². The van der Waals surface area contributed by atoms with E-state index in [2.05, 4.69) is 19.2 Å². The Labute approximate surface area is 320 Å². The number of esters is 2. The van der Waals surface area contributed by atoms with Gasteiger partial charge in [-0.2, -0.15) is 5.06 Å². The molecule has 2 bridgehead atoms. The van der Waals surface area contributed by atoms with Crippen LogP contribution in [0, 0.1) is 5.41 Å². The van der Waals surface area contributed by atoms with E-state index in [1.54, 1.807) is 40.9 Å². The maximum atomic E-state index is 14.8. The van der Waals surface area contributed by atoms with Crippen LogP contribution in [0.4, 0.5) is 0 Å². The maximum absolute atomic E-state index is 14.8. The van der Waals surface area contributed by atoms with E-state index >= 15 is 0 Å². The molecule has 1 saturated carbocycles. The number of nitrogens with zero attached hydrogens (tertiary/aromatic N) is 2. The average Bonchev–Trinajstić information content (AvgIpc) is 3.67. The number of rotatable bonds is 18. The van der Waals surface area contributed by atoms with Crippen LogP contribution in [0.5, 0.6) is 0 Å². The fourth-order valence-electron chi connectivity index (χ4n) is 8.20. The predicted molar refractivity (Wildman–Crippen MR) is 200 cm³/mol. The van der Waals surface area contributed by atoms with Crippen LogP contribution in [-0.2, 0) is 49.5 Å². The summed E-state index contributed by atoms with van der Waals surface area (Å²) in [7, 11) is 3.36. The standard InChI is InChI=1S/C41H61N3O10/c1-8-10-12-21-40(22-13-11-9-2)52-33-30-24-41(38(49)42-29(26-45)18-20-32(47)51-39(3,4)5)35(37(48)50-30)44(54-36(41)34(33)53-40)25-28-16-14-15-27(23-28)17-19-31(46)43(6)7/h14-17,19,23,29-30,33-36,45H,8-13,18,20-22,24-26H2,1-7H3,(H,42,49)/t29-,30+,33-,34-,35+,36+,41+/m0/s1. The van der Waals surface area contributed by atoms with E-state index in [1.165, 1.54) is 16.0 Å². The minimum absolute atomic E-state index is 0.0134. The van der Waals surface area contributed by atoms with Crippen LogP contribution < -0.4 is 5.32 Å². The molecule has 1 aromatic carbocycles. The van der Waals surface area contributed by atoms with Crippen molar-refractivity contribution in [3.05, 3.63) is 41.5 Å². The molecule has 2 N–H and O–H groups in total. The van der Waals surface area contributed by atoms with Gasteiger partial charge in [0.2, 0.25) is 11.8 Å². The quantitative estimate of drug-likeness (QED) is 0.120. The van der Waals surface area contributed by atoms with Crippen LogP contribution in [0.25, 0.3) is 6.08 Å². The Morgan fingerprint density at radius 3 is 2.39 bits per heavy atom. The number of benzene rings is 1. The highest BCUT2D eigenvalue weighted by molar-refractivity contribution is 5.94. The largest absolute Gasteiger partial charge is 0.460 e. The lowest BCUT2D eigenvalue weighted by molar-refractivity contribution is -0.224. The highest BCUT2D eigenvalue weighted by Crippen LogP contribution is 2.58. The number of hydrogen-bond acceptors (Lipinski definition) is 11. The first kappa shape index (κ1) is 41.8. The number of hydroxylamine groups is 2. The first-order valence-corrected chi connectivity index (χ1v) is 19.8. The van der Waals surface area contributed by atoms with E-state index in [-0.39, 0.29) is 31.7 Å². The van der Waals surface area contributed by atoms with Gasteiger partial charge < -0.3 is 34.3 Å². The Kier molecular flexibility index (Phi) is 13.6. The highest BCUT2D eigenvalue weighted by Gasteiger charge is 2.76. The minimum Gasteiger partial charge on any atom is -0.460 e. The number of nitrogens with one attached hydrogen (secondary N) is 1. The zero-order valence-corrected chi connectivity index (χ0v) is 33.1. The van der Waals surface area contributed by atoms with Gasteiger partial charge in [-0.25, -0.2) is 0 Å². The molecular weight excluding hydrogens is 694 g/mol. The van der Waals surface area contributed by atoms with Gasteiger partial charge in [0.15, 0.2) is 11.8 Å². The zero-order chi connectivity index (χ0) is 39.3. The van der Waals surface area contributed by atoms with Crippen molar-refractivity contribution in [2.24, 2.45) is 5.41 Å². The molecule has 13 heteroatoms. The van der Waals surface area contributed by atoms with Crippen molar-refractivity contribution < 1.29 is 48.1 Å². The predicted octanol–water partition coefficient (Wildman–Crippen LogP) is 4.83. The molecule has 4 fully saturated rings. The molecule has 54 heavy (non-hydrogen) atoms. The Morgan fingerprint density at radius 2 is 1.76 bits per heavy atom. The van der Waals surface area contributed by atoms with E-state index < -0.39 is 77.8 Å². The van der Waals surface area contributed by atoms with Crippen molar-refractivity contribution in [1.29, 1.82) is 0 Å². The summed E-state index contributed by atoms with van der Waals surface area (Å²) in [5, 5.41) is 14.9. The second kappa shape index (κ2) is 17.6. The molecular formula is C41H61N3O10. The van der Waals surface area contributed by atoms with Crippen LogP contribution in [-0.4, -0.2) is 107 Å². The van der Waals surface area contributed by atoms with Crippen molar-refractivity contribution in [3.8, 4) is 0 Å². The van der Waals surface area contributed by atoms with E-state index in [1.807, 2.05) is 24.3 Å². The van der Waals surface area contributed by atoms with E-state index in [9.17, 15) is 24.3 Å². The van der Waals surface area contributed by atoms with Gasteiger partial charge in [-0.1, -0.05) is 63.8 Å². The molecule has 3 heterocycles. The van der Waals surface area contributed by atoms with Crippen LogP contribution in [0.15, 0.2) is 30.3 Å². The number of ether oxygens (including phenoxy) is 4. The van der Waals surface area contributed by atoms with Crippen LogP contribution in [0.3, 0.4) is 0 Å². The lowest BCUT2D eigenvalue weighted by Gasteiger charge is -2.49. The van der Waals surface area contributed by atoms with Gasteiger partial charge in [0, 0.05) is 45.9 Å². The number of unbranched alkanes of at least 4 members (excludes halogenated alkanes) is 4. The van der Waals surface area contributed by atoms with E-state index in [0.717, 1.165) is 49.7 Å². The van der Waals surface area contributed by atoms with Gasteiger partial charge in [0.25, 0.3) is 0 Å². The van der Waals surface area contributed by atoms with Gasteiger partial charge in [-0.05, 0) is 57.2 Å². The summed E-state index contributed by atoms with van der Waals surface area (Å²) in [4.78, 5) is 62.0. The highest BCUT2D eigenvalue weighted by atomic mass is 16.8. The molecule has 4 aliphatic rings. The minimum atomic E-state index is -1.44. The van der Waals surface area contributed by atoms with Gasteiger partial charge in [0.1, 0.15) is 35.4 Å². The van der Waals surface area contributed by atoms with Crippen molar-refractivity contribution in [3.63, 3.8) is 0 Å². The van der Waals surface area contributed by atoms with E-state index in [4.69, 9.17) is 23.8 Å². The molecule has 5 rings (SSSR count). The summed E-state index contributed by atoms with van der Waals surface area (Å²) in [6, 6.07) is 5.62. The SMILES string of the molecule is CCCCCC1(CCCCC)O[C@@H]2[C@H](O1)[C@H]1ON(Cc3cccc(C=CC(=O)N(C)C)c3)[C@@H]3C(=O)O[C@@H]2C[C@]13C(=O)N[C@H](CO)CCC(=O)OC(C)(C)C. The van der Waals surface area contributed by atoms with Gasteiger partial charge in [0.05, 0.1) is 19.2 Å². The molecule has 1 aromatic rings. The molecule has 0 spiro atoms. The molecule has 0 radical (unpaired) electrons. The number of amides is 2. The van der Waals surface area contributed by atoms with Crippen LogP contribution >= 0.6 is 0 Å². The average molecular weight is 756 g/mol. The first-order valence-electron chi connectivity index (χ1n) is 19.8. The number of fused-ring (bicyclic) bond motifs is 4. The van der Waals surface area contributed by atoms with Crippen LogP contribution in [0.2, 0.25) is 0 Å². The molecule has 2 amide bonds. The van der Waals surface area contributed by atoms with Gasteiger partial charge in [-0.15, -0.1) is 0 Å². The third kappa shape index (κ3) is 9.35. The monoisotopic (exact) mass is 755 g/mol. The fraction of sp³-hybridized carbons (Fsp3) is 0.707.